The highest BCUT2D eigenvalue weighted by molar-refractivity contribution is 5.69. The Bertz CT molecular complexity index is 650. The van der Waals surface area contributed by atoms with Crippen molar-refractivity contribution in [1.82, 2.24) is 10.1 Å². The second kappa shape index (κ2) is 4.84. The number of hydrogen-bond acceptors (Lipinski definition) is 6. The number of non-ortho nitro benzene ring substituents is 1. The third-order valence-electron chi connectivity index (χ3n) is 2.44. The minimum absolute atomic E-state index is 0.0478. The molecular formula is C11H9N3O5. The van der Waals surface area contributed by atoms with Gasteiger partial charge in [0.15, 0.2) is 0 Å². The van der Waals surface area contributed by atoms with E-state index in [1.54, 1.807) is 13.0 Å². The number of aryl methyl sites for hydroxylation is 1. The van der Waals surface area contributed by atoms with Gasteiger partial charge in [-0.3, -0.25) is 14.9 Å². The van der Waals surface area contributed by atoms with Gasteiger partial charge in [0.2, 0.25) is 11.7 Å². The SMILES string of the molecule is Cc1ccc([N+](=O)[O-])cc1-c1noc(CC(=O)O)n1. The molecule has 0 aliphatic carbocycles. The molecule has 0 aliphatic rings. The molecule has 0 atom stereocenters. The van der Waals surface area contributed by atoms with Crippen LogP contribution >= 0.6 is 0 Å². The molecule has 0 aliphatic heterocycles. The second-order valence-corrected chi connectivity index (χ2v) is 3.84. The summed E-state index contributed by atoms with van der Waals surface area (Å²) in [5.74, 6) is -1.00. The van der Waals surface area contributed by atoms with E-state index < -0.39 is 10.9 Å². The van der Waals surface area contributed by atoms with Crippen molar-refractivity contribution in [1.29, 1.82) is 0 Å². The Morgan fingerprint density at radius 3 is 2.89 bits per heavy atom. The van der Waals surface area contributed by atoms with Crippen LogP contribution < -0.4 is 0 Å². The number of nitro groups is 1. The number of nitro benzene ring substituents is 1. The van der Waals surface area contributed by atoms with Crippen molar-refractivity contribution in [3.63, 3.8) is 0 Å². The minimum atomic E-state index is -1.09. The van der Waals surface area contributed by atoms with Crippen LogP contribution in [-0.2, 0) is 11.2 Å². The number of carbonyl (C=O) groups is 1. The number of carboxylic acid groups (broad SMARTS) is 1. The maximum absolute atomic E-state index is 10.7. The van der Waals surface area contributed by atoms with E-state index in [4.69, 9.17) is 9.63 Å². The van der Waals surface area contributed by atoms with Crippen molar-refractivity contribution in [2.75, 3.05) is 0 Å². The maximum atomic E-state index is 10.7. The van der Waals surface area contributed by atoms with Gasteiger partial charge in [0, 0.05) is 17.7 Å². The summed E-state index contributed by atoms with van der Waals surface area (Å²) in [5.41, 5.74) is 1.08. The maximum Gasteiger partial charge on any atom is 0.312 e. The van der Waals surface area contributed by atoms with Gasteiger partial charge < -0.3 is 9.63 Å². The van der Waals surface area contributed by atoms with Crippen LogP contribution in [0.1, 0.15) is 11.5 Å². The Balaban J connectivity index is 2.40. The number of rotatable bonds is 4. The topological polar surface area (TPSA) is 119 Å². The summed E-state index contributed by atoms with van der Waals surface area (Å²) in [7, 11) is 0. The summed E-state index contributed by atoms with van der Waals surface area (Å²) in [5, 5.41) is 22.9. The van der Waals surface area contributed by atoms with Gasteiger partial charge in [-0.2, -0.15) is 4.98 Å². The molecule has 1 N–H and O–H groups in total. The monoisotopic (exact) mass is 263 g/mol. The fourth-order valence-electron chi connectivity index (χ4n) is 1.53. The van der Waals surface area contributed by atoms with Gasteiger partial charge in [-0.25, -0.2) is 0 Å². The predicted molar refractivity (Wildman–Crippen MR) is 62.5 cm³/mol. The Hall–Kier alpha value is -2.77. The molecule has 1 heterocycles. The molecule has 0 radical (unpaired) electrons. The van der Waals surface area contributed by atoms with E-state index in [0.29, 0.717) is 5.56 Å². The normalized spacial score (nSPS) is 10.4. The highest BCUT2D eigenvalue weighted by atomic mass is 16.6. The zero-order valence-electron chi connectivity index (χ0n) is 9.86. The molecule has 0 amide bonds. The highest BCUT2D eigenvalue weighted by Crippen LogP contribution is 2.25. The van der Waals surface area contributed by atoms with Gasteiger partial charge in [-0.05, 0) is 12.5 Å². The van der Waals surface area contributed by atoms with E-state index in [1.807, 2.05) is 0 Å². The summed E-state index contributed by atoms with van der Waals surface area (Å²) < 4.78 is 4.77. The Morgan fingerprint density at radius 2 is 2.26 bits per heavy atom. The predicted octanol–water partition coefficient (Wildman–Crippen LogP) is 1.58. The van der Waals surface area contributed by atoms with Crippen LogP contribution in [-0.4, -0.2) is 26.1 Å². The van der Waals surface area contributed by atoms with Crippen molar-refractivity contribution in [2.45, 2.75) is 13.3 Å². The van der Waals surface area contributed by atoms with Gasteiger partial charge in [0.25, 0.3) is 5.69 Å². The van der Waals surface area contributed by atoms with E-state index in [0.717, 1.165) is 5.56 Å². The van der Waals surface area contributed by atoms with Crippen molar-refractivity contribution in [2.24, 2.45) is 0 Å². The van der Waals surface area contributed by atoms with Crippen LogP contribution in [0.2, 0.25) is 0 Å². The van der Waals surface area contributed by atoms with Crippen LogP contribution in [0.3, 0.4) is 0 Å². The zero-order valence-corrected chi connectivity index (χ0v) is 9.86. The Morgan fingerprint density at radius 1 is 1.53 bits per heavy atom. The molecule has 0 unspecified atom stereocenters. The third-order valence-corrected chi connectivity index (χ3v) is 2.44. The van der Waals surface area contributed by atoms with Crippen LogP contribution in [0.5, 0.6) is 0 Å². The molecule has 1 aromatic carbocycles. The molecule has 8 heteroatoms. The highest BCUT2D eigenvalue weighted by Gasteiger charge is 2.16. The fourth-order valence-corrected chi connectivity index (χ4v) is 1.53. The lowest BCUT2D eigenvalue weighted by molar-refractivity contribution is -0.384. The smallest absolute Gasteiger partial charge is 0.312 e. The first-order valence-corrected chi connectivity index (χ1v) is 5.27. The third kappa shape index (κ3) is 2.73. The lowest BCUT2D eigenvalue weighted by Gasteiger charge is -1.99. The van der Waals surface area contributed by atoms with Gasteiger partial charge >= 0.3 is 5.97 Å². The van der Waals surface area contributed by atoms with E-state index in [2.05, 4.69) is 10.1 Å². The van der Waals surface area contributed by atoms with Gasteiger partial charge in [0.05, 0.1) is 4.92 Å². The molecule has 8 nitrogen and oxygen atoms in total. The Labute approximate surface area is 106 Å². The van der Waals surface area contributed by atoms with E-state index in [-0.39, 0.29) is 23.8 Å². The number of nitrogens with zero attached hydrogens (tertiary/aromatic N) is 3. The Kier molecular flexibility index (Phi) is 3.23. The second-order valence-electron chi connectivity index (χ2n) is 3.84. The molecule has 0 saturated heterocycles. The number of carboxylic acids is 1. The number of aromatic nitrogens is 2. The molecule has 0 bridgehead atoms. The average molecular weight is 263 g/mol. The summed E-state index contributed by atoms with van der Waals surface area (Å²) in [6.45, 7) is 1.74. The van der Waals surface area contributed by atoms with Crippen molar-refractivity contribution in [3.05, 3.63) is 39.8 Å². The van der Waals surface area contributed by atoms with Crippen molar-refractivity contribution in [3.8, 4) is 11.4 Å². The zero-order chi connectivity index (χ0) is 14.0. The molecule has 2 aromatic rings. The van der Waals surface area contributed by atoms with Crippen LogP contribution in [0, 0.1) is 17.0 Å². The molecule has 0 spiro atoms. The molecule has 0 saturated carbocycles. The average Bonchev–Trinajstić information content (AvgIpc) is 2.76. The van der Waals surface area contributed by atoms with E-state index >= 15 is 0 Å². The largest absolute Gasteiger partial charge is 0.481 e. The van der Waals surface area contributed by atoms with E-state index in [9.17, 15) is 14.9 Å². The molecule has 98 valence electrons. The van der Waals surface area contributed by atoms with Crippen LogP contribution in [0.15, 0.2) is 22.7 Å². The van der Waals surface area contributed by atoms with Crippen molar-refractivity contribution >= 4 is 11.7 Å². The summed E-state index contributed by atoms with van der Waals surface area (Å²) in [6, 6.07) is 4.27. The van der Waals surface area contributed by atoms with Crippen molar-refractivity contribution < 1.29 is 19.3 Å². The fraction of sp³-hybridized carbons (Fsp3) is 0.182. The first-order chi connectivity index (χ1) is 8.97. The van der Waals surface area contributed by atoms with Gasteiger partial charge in [-0.15, -0.1) is 0 Å². The molecule has 0 fully saturated rings. The first-order valence-electron chi connectivity index (χ1n) is 5.27. The number of hydrogen-bond donors (Lipinski definition) is 1. The molecule has 1 aromatic heterocycles. The molecular weight excluding hydrogens is 254 g/mol. The van der Waals surface area contributed by atoms with Gasteiger partial charge in [-0.1, -0.05) is 11.2 Å². The first kappa shape index (κ1) is 12.7. The van der Waals surface area contributed by atoms with E-state index in [1.165, 1.54) is 12.1 Å². The summed E-state index contributed by atoms with van der Waals surface area (Å²) >= 11 is 0. The molecule has 19 heavy (non-hydrogen) atoms. The van der Waals surface area contributed by atoms with Crippen LogP contribution in [0.4, 0.5) is 5.69 Å². The number of aliphatic carboxylic acids is 1. The quantitative estimate of drug-likeness (QED) is 0.656. The summed E-state index contributed by atoms with van der Waals surface area (Å²) in [6.07, 6.45) is -0.388. The standard InChI is InChI=1S/C11H9N3O5/c1-6-2-3-7(14(17)18)4-8(6)11-12-9(19-13-11)5-10(15)16/h2-4H,5H2,1H3,(H,15,16). The number of benzene rings is 1. The van der Waals surface area contributed by atoms with Crippen LogP contribution in [0.25, 0.3) is 11.4 Å². The molecule has 2 rings (SSSR count). The van der Waals surface area contributed by atoms with Gasteiger partial charge in [0.1, 0.15) is 6.42 Å². The lowest BCUT2D eigenvalue weighted by Crippen LogP contribution is -2.00. The minimum Gasteiger partial charge on any atom is -0.481 e. The lowest BCUT2D eigenvalue weighted by atomic mass is 10.1. The summed E-state index contributed by atoms with van der Waals surface area (Å²) in [4.78, 5) is 24.6.